The van der Waals surface area contributed by atoms with Crippen molar-refractivity contribution in [1.29, 1.82) is 0 Å². The van der Waals surface area contributed by atoms with Crippen LogP contribution in [0.4, 0.5) is 0 Å². The van der Waals surface area contributed by atoms with E-state index >= 15 is 0 Å². The molecule has 3 heterocycles. The molecule has 2 aliphatic rings. The summed E-state index contributed by atoms with van der Waals surface area (Å²) in [7, 11) is 0. The predicted octanol–water partition coefficient (Wildman–Crippen LogP) is 1.32. The first kappa shape index (κ1) is 21.4. The van der Waals surface area contributed by atoms with Crippen molar-refractivity contribution in [3.63, 3.8) is 0 Å². The second kappa shape index (κ2) is 10.5. The lowest BCUT2D eigenvalue weighted by atomic mass is 10.1. The third-order valence-corrected chi connectivity index (χ3v) is 6.68. The van der Waals surface area contributed by atoms with Crippen molar-refractivity contribution in [3.05, 3.63) is 40.9 Å². The number of nitrogens with zero attached hydrogens (tertiary/aromatic N) is 4. The highest BCUT2D eigenvalue weighted by Crippen LogP contribution is 2.25. The van der Waals surface area contributed by atoms with Crippen LogP contribution in [0.3, 0.4) is 0 Å². The van der Waals surface area contributed by atoms with Gasteiger partial charge in [0.15, 0.2) is 0 Å². The smallest absolute Gasteiger partial charge is 0.228 e. The van der Waals surface area contributed by atoms with Crippen LogP contribution >= 0.6 is 11.3 Å². The molecule has 162 valence electrons. The van der Waals surface area contributed by atoms with Crippen LogP contribution < -0.4 is 0 Å². The highest BCUT2D eigenvalue weighted by atomic mass is 32.1. The third kappa shape index (κ3) is 5.65. The second-order valence-electron chi connectivity index (χ2n) is 7.85. The number of benzene rings is 1. The van der Waals surface area contributed by atoms with Gasteiger partial charge in [-0.05, 0) is 5.56 Å². The van der Waals surface area contributed by atoms with Crippen molar-refractivity contribution in [2.75, 3.05) is 65.6 Å². The first-order valence-corrected chi connectivity index (χ1v) is 11.5. The van der Waals surface area contributed by atoms with Crippen molar-refractivity contribution in [2.24, 2.45) is 0 Å². The normalized spacial score (nSPS) is 18.6. The summed E-state index contributed by atoms with van der Waals surface area (Å²) in [6, 6.07) is 8.59. The summed E-state index contributed by atoms with van der Waals surface area (Å²) in [5, 5.41) is 12.0. The van der Waals surface area contributed by atoms with Gasteiger partial charge in [0.05, 0.1) is 31.9 Å². The molecular formula is C22H30N4O3S. The minimum Gasteiger partial charge on any atom is -0.395 e. The number of aliphatic hydroxyl groups excluding tert-OH is 1. The number of hydrogen-bond donors (Lipinski definition) is 1. The minimum absolute atomic E-state index is 0.136. The molecule has 2 fully saturated rings. The highest BCUT2D eigenvalue weighted by Gasteiger charge is 2.21. The van der Waals surface area contributed by atoms with Crippen molar-refractivity contribution < 1.29 is 14.6 Å². The largest absolute Gasteiger partial charge is 0.395 e. The van der Waals surface area contributed by atoms with E-state index < -0.39 is 0 Å². The predicted molar refractivity (Wildman–Crippen MR) is 117 cm³/mol. The molecule has 0 radical (unpaired) electrons. The Hall–Kier alpha value is -1.84. The van der Waals surface area contributed by atoms with Gasteiger partial charge in [-0.1, -0.05) is 24.3 Å². The van der Waals surface area contributed by atoms with Crippen LogP contribution in [0.15, 0.2) is 29.6 Å². The van der Waals surface area contributed by atoms with Crippen molar-refractivity contribution in [3.8, 4) is 10.6 Å². The van der Waals surface area contributed by atoms with Crippen molar-refractivity contribution in [2.45, 2.75) is 13.0 Å². The van der Waals surface area contributed by atoms with Crippen molar-refractivity contribution >= 4 is 17.2 Å². The van der Waals surface area contributed by atoms with E-state index in [2.05, 4.69) is 34.1 Å². The molecule has 0 saturated carbocycles. The quantitative estimate of drug-likeness (QED) is 0.715. The number of amides is 1. The monoisotopic (exact) mass is 430 g/mol. The lowest BCUT2D eigenvalue weighted by Gasteiger charge is -2.34. The second-order valence-corrected chi connectivity index (χ2v) is 8.71. The summed E-state index contributed by atoms with van der Waals surface area (Å²) >= 11 is 1.59. The Balaban J connectivity index is 1.30. The number of thiazole rings is 1. The Morgan fingerprint density at radius 3 is 2.47 bits per heavy atom. The Morgan fingerprint density at radius 2 is 1.77 bits per heavy atom. The Labute approximate surface area is 181 Å². The number of piperazine rings is 1. The van der Waals surface area contributed by atoms with Gasteiger partial charge in [-0.2, -0.15) is 0 Å². The molecule has 1 N–H and O–H groups in total. The number of carbonyl (C=O) groups is 1. The van der Waals surface area contributed by atoms with Crippen molar-refractivity contribution in [1.82, 2.24) is 19.7 Å². The number of β-amino-alcohol motifs (C(OH)–C–C–N with tert-alkyl or cyclic N) is 1. The molecule has 8 heteroatoms. The van der Waals surface area contributed by atoms with Gasteiger partial charge in [0, 0.05) is 63.3 Å². The lowest BCUT2D eigenvalue weighted by Crippen LogP contribution is -2.49. The van der Waals surface area contributed by atoms with E-state index in [4.69, 9.17) is 14.8 Å². The van der Waals surface area contributed by atoms with Gasteiger partial charge in [0.2, 0.25) is 5.91 Å². The van der Waals surface area contributed by atoms with Crippen LogP contribution in [0.25, 0.3) is 10.6 Å². The van der Waals surface area contributed by atoms with Crippen LogP contribution in [-0.2, 0) is 22.5 Å². The summed E-state index contributed by atoms with van der Waals surface area (Å²) in [5.74, 6) is 0.136. The van der Waals surface area contributed by atoms with Gasteiger partial charge >= 0.3 is 0 Å². The zero-order valence-electron chi connectivity index (χ0n) is 17.3. The van der Waals surface area contributed by atoms with Gasteiger partial charge in [-0.3, -0.25) is 14.6 Å². The molecule has 1 aromatic carbocycles. The molecule has 0 atom stereocenters. The van der Waals surface area contributed by atoms with Gasteiger partial charge in [0.25, 0.3) is 0 Å². The summed E-state index contributed by atoms with van der Waals surface area (Å²) in [5.41, 5.74) is 3.24. The summed E-state index contributed by atoms with van der Waals surface area (Å²) in [6.07, 6.45) is 0.353. The molecule has 0 bridgehead atoms. The number of rotatable bonds is 7. The molecule has 0 aliphatic carbocycles. The molecule has 1 amide bonds. The van der Waals surface area contributed by atoms with E-state index in [0.29, 0.717) is 13.0 Å². The van der Waals surface area contributed by atoms with Crippen LogP contribution in [-0.4, -0.2) is 96.3 Å². The molecule has 0 unspecified atom stereocenters. The molecule has 0 spiro atoms. The van der Waals surface area contributed by atoms with Gasteiger partial charge in [0.1, 0.15) is 5.01 Å². The zero-order chi connectivity index (χ0) is 20.8. The van der Waals surface area contributed by atoms with Crippen LogP contribution in [0.2, 0.25) is 0 Å². The van der Waals surface area contributed by atoms with E-state index in [1.807, 2.05) is 10.3 Å². The maximum absolute atomic E-state index is 12.6. The fourth-order valence-corrected chi connectivity index (χ4v) is 4.75. The minimum atomic E-state index is 0.136. The highest BCUT2D eigenvalue weighted by molar-refractivity contribution is 7.13. The third-order valence-electron chi connectivity index (χ3n) is 5.74. The molecule has 2 saturated heterocycles. The van der Waals surface area contributed by atoms with E-state index in [1.54, 1.807) is 11.3 Å². The first-order chi connectivity index (χ1) is 14.7. The topological polar surface area (TPSA) is 69.1 Å². The summed E-state index contributed by atoms with van der Waals surface area (Å²) in [6.45, 7) is 8.51. The number of carbonyl (C=O) groups excluding carboxylic acids is 1. The van der Waals surface area contributed by atoms with Gasteiger partial charge in [-0.25, -0.2) is 4.98 Å². The number of aromatic nitrogens is 1. The van der Waals surface area contributed by atoms with Crippen LogP contribution in [0, 0.1) is 0 Å². The molecule has 1 aromatic heterocycles. The summed E-state index contributed by atoms with van der Waals surface area (Å²) in [4.78, 5) is 23.8. The maximum atomic E-state index is 12.6. The lowest BCUT2D eigenvalue weighted by molar-refractivity contribution is -0.132. The molecule has 30 heavy (non-hydrogen) atoms. The molecule has 7 nitrogen and oxygen atoms in total. The van der Waals surface area contributed by atoms with E-state index in [1.165, 1.54) is 5.56 Å². The van der Waals surface area contributed by atoms with Crippen LogP contribution in [0.5, 0.6) is 0 Å². The summed E-state index contributed by atoms with van der Waals surface area (Å²) < 4.78 is 5.41. The fraction of sp³-hybridized carbons (Fsp3) is 0.545. The molecule has 2 aliphatic heterocycles. The molecular weight excluding hydrogens is 400 g/mol. The average Bonchev–Trinajstić information content (AvgIpc) is 3.24. The number of morpholine rings is 1. The Bertz CT molecular complexity index is 812. The van der Waals surface area contributed by atoms with E-state index in [9.17, 15) is 4.79 Å². The van der Waals surface area contributed by atoms with Gasteiger partial charge < -0.3 is 14.7 Å². The van der Waals surface area contributed by atoms with Gasteiger partial charge in [-0.15, -0.1) is 11.3 Å². The van der Waals surface area contributed by atoms with Crippen LogP contribution in [0.1, 0.15) is 11.3 Å². The zero-order valence-corrected chi connectivity index (χ0v) is 18.1. The standard InChI is InChI=1S/C22H30N4O3S/c27-12-9-24-5-7-26(8-6-24)21(28)15-20-17-30-22(23-20)19-3-1-18(2-4-19)16-25-10-13-29-14-11-25/h1-4,17,27H,5-16H2. The molecule has 4 rings (SSSR count). The first-order valence-electron chi connectivity index (χ1n) is 10.7. The Morgan fingerprint density at radius 1 is 1.03 bits per heavy atom. The van der Waals surface area contributed by atoms with E-state index in [-0.39, 0.29) is 12.5 Å². The Kier molecular flexibility index (Phi) is 7.46. The average molecular weight is 431 g/mol. The SMILES string of the molecule is O=C(Cc1csc(-c2ccc(CN3CCOCC3)cc2)n1)N1CCN(CCO)CC1. The number of aliphatic hydroxyl groups is 1. The number of hydrogen-bond acceptors (Lipinski definition) is 7. The molecule has 2 aromatic rings. The van der Waals surface area contributed by atoms with E-state index in [0.717, 1.165) is 75.3 Å². The maximum Gasteiger partial charge on any atom is 0.228 e. The fourth-order valence-electron chi connectivity index (χ4n) is 3.92. The number of ether oxygens (including phenoxy) is 1.